The number of hydrogen-bond donors (Lipinski definition) is 2. The molecule has 96 valence electrons. The van der Waals surface area contributed by atoms with Crippen molar-refractivity contribution in [3.63, 3.8) is 0 Å². The van der Waals surface area contributed by atoms with Crippen LogP contribution in [-0.2, 0) is 13.1 Å². The Bertz CT molecular complexity index is 529. The van der Waals surface area contributed by atoms with Crippen molar-refractivity contribution in [1.82, 2.24) is 14.8 Å². The third-order valence-electron chi connectivity index (χ3n) is 2.68. The summed E-state index contributed by atoms with van der Waals surface area (Å²) in [5, 5.41) is 7.46. The maximum absolute atomic E-state index is 11.6. The summed E-state index contributed by atoms with van der Waals surface area (Å²) in [7, 11) is 0. The van der Waals surface area contributed by atoms with E-state index in [9.17, 15) is 4.79 Å². The molecule has 1 aromatic carbocycles. The second-order valence-electron chi connectivity index (χ2n) is 4.17. The second-order valence-corrected chi connectivity index (χ2v) is 4.17. The molecule has 1 aromatic heterocycles. The first-order valence-electron chi connectivity index (χ1n) is 6.24. The Morgan fingerprint density at radius 2 is 2.11 bits per heavy atom. The van der Waals surface area contributed by atoms with Gasteiger partial charge in [0.2, 0.25) is 0 Å². The van der Waals surface area contributed by atoms with Gasteiger partial charge in [0.25, 0.3) is 0 Å². The molecule has 0 radical (unpaired) electrons. The van der Waals surface area contributed by atoms with E-state index in [1.54, 1.807) is 0 Å². The van der Waals surface area contributed by atoms with E-state index in [1.165, 1.54) is 4.68 Å². The monoisotopic (exact) mass is 246 g/mol. The molecule has 1 heterocycles. The van der Waals surface area contributed by atoms with E-state index in [0.717, 1.165) is 18.5 Å². The first-order valence-corrected chi connectivity index (χ1v) is 6.24. The van der Waals surface area contributed by atoms with Gasteiger partial charge in [-0.25, -0.2) is 9.48 Å². The highest BCUT2D eigenvalue weighted by atomic mass is 16.1. The largest absolute Gasteiger partial charge is 0.378 e. The van der Waals surface area contributed by atoms with Crippen molar-refractivity contribution in [2.24, 2.45) is 0 Å². The second kappa shape index (κ2) is 6.05. The lowest BCUT2D eigenvalue weighted by molar-refractivity contribution is 0.550. The van der Waals surface area contributed by atoms with Crippen LogP contribution in [0.5, 0.6) is 0 Å². The molecule has 0 unspecified atom stereocenters. The predicted octanol–water partition coefficient (Wildman–Crippen LogP) is 1.98. The number of aromatic nitrogens is 3. The van der Waals surface area contributed by atoms with Gasteiger partial charge in [-0.3, -0.25) is 4.98 Å². The van der Waals surface area contributed by atoms with Crippen LogP contribution in [0.4, 0.5) is 5.69 Å². The Morgan fingerprint density at radius 3 is 2.83 bits per heavy atom. The summed E-state index contributed by atoms with van der Waals surface area (Å²) in [6, 6.07) is 9.85. The highest BCUT2D eigenvalue weighted by Gasteiger charge is 2.03. The summed E-state index contributed by atoms with van der Waals surface area (Å²) in [6.07, 6.45) is 2.02. The van der Waals surface area contributed by atoms with Crippen molar-refractivity contribution in [2.45, 2.75) is 32.9 Å². The summed E-state index contributed by atoms with van der Waals surface area (Å²) < 4.78 is 1.49. The van der Waals surface area contributed by atoms with E-state index in [1.807, 2.05) is 30.3 Å². The van der Waals surface area contributed by atoms with Gasteiger partial charge in [-0.15, -0.1) is 0 Å². The molecule has 18 heavy (non-hydrogen) atoms. The summed E-state index contributed by atoms with van der Waals surface area (Å²) in [5.41, 5.74) is 0.884. The summed E-state index contributed by atoms with van der Waals surface area (Å²) in [4.78, 5) is 14.3. The molecule has 0 aliphatic heterocycles. The third kappa shape index (κ3) is 3.23. The number of anilines is 1. The molecule has 5 nitrogen and oxygen atoms in total. The van der Waals surface area contributed by atoms with Crippen molar-refractivity contribution < 1.29 is 0 Å². The molecule has 2 N–H and O–H groups in total. The number of aryl methyl sites for hydroxylation is 1. The highest BCUT2D eigenvalue weighted by molar-refractivity contribution is 5.42. The molecule has 2 aromatic rings. The third-order valence-corrected chi connectivity index (χ3v) is 2.68. The maximum Gasteiger partial charge on any atom is 0.343 e. The molecule has 0 fully saturated rings. The average molecular weight is 246 g/mol. The fourth-order valence-electron chi connectivity index (χ4n) is 1.68. The molecule has 0 bridgehead atoms. The van der Waals surface area contributed by atoms with E-state index in [-0.39, 0.29) is 5.69 Å². The molecule has 0 atom stereocenters. The van der Waals surface area contributed by atoms with Crippen LogP contribution in [0.15, 0.2) is 35.1 Å². The number of rotatable bonds is 6. The van der Waals surface area contributed by atoms with Gasteiger partial charge < -0.3 is 5.32 Å². The van der Waals surface area contributed by atoms with Crippen molar-refractivity contribution in [2.75, 3.05) is 5.32 Å². The molecule has 0 amide bonds. The van der Waals surface area contributed by atoms with Gasteiger partial charge in [0.15, 0.2) is 0 Å². The van der Waals surface area contributed by atoms with Gasteiger partial charge in [0.05, 0.1) is 6.54 Å². The van der Waals surface area contributed by atoms with Gasteiger partial charge in [-0.2, -0.15) is 5.10 Å². The van der Waals surface area contributed by atoms with Crippen LogP contribution in [0, 0.1) is 0 Å². The zero-order chi connectivity index (χ0) is 12.8. The molecule has 0 saturated heterocycles. The number of unbranched alkanes of at least 4 members (excludes halogenated alkanes) is 1. The number of hydrogen-bond acceptors (Lipinski definition) is 3. The van der Waals surface area contributed by atoms with Crippen molar-refractivity contribution in [3.05, 3.63) is 46.6 Å². The number of nitrogens with zero attached hydrogens (tertiary/aromatic N) is 2. The van der Waals surface area contributed by atoms with Crippen LogP contribution in [0.2, 0.25) is 0 Å². The quantitative estimate of drug-likeness (QED) is 0.819. The fourth-order valence-corrected chi connectivity index (χ4v) is 1.68. The number of H-pyrrole nitrogens is 1. The molecule has 0 aliphatic rings. The van der Waals surface area contributed by atoms with Crippen LogP contribution in [0.1, 0.15) is 25.6 Å². The van der Waals surface area contributed by atoms with Crippen LogP contribution >= 0.6 is 0 Å². The minimum atomic E-state index is -0.131. The molecule has 5 heteroatoms. The summed E-state index contributed by atoms with van der Waals surface area (Å²) in [5.74, 6) is 0.667. The minimum absolute atomic E-state index is 0.131. The lowest BCUT2D eigenvalue weighted by Gasteiger charge is -2.02. The minimum Gasteiger partial charge on any atom is -0.378 e. The molecular weight excluding hydrogens is 228 g/mol. The Kier molecular flexibility index (Phi) is 4.17. The normalized spacial score (nSPS) is 10.5. The molecule has 0 saturated carbocycles. The molecule has 2 rings (SSSR count). The Labute approximate surface area is 106 Å². The van der Waals surface area contributed by atoms with Crippen LogP contribution in [0.25, 0.3) is 0 Å². The molecule has 0 spiro atoms. The van der Waals surface area contributed by atoms with Gasteiger partial charge in [0, 0.05) is 12.2 Å². The molecular formula is C13H18N4O. The zero-order valence-corrected chi connectivity index (χ0v) is 10.5. The lowest BCUT2D eigenvalue weighted by atomic mass is 10.3. The lowest BCUT2D eigenvalue weighted by Crippen LogP contribution is -2.17. The van der Waals surface area contributed by atoms with Crippen molar-refractivity contribution in [1.29, 1.82) is 0 Å². The Morgan fingerprint density at radius 1 is 1.33 bits per heavy atom. The first kappa shape index (κ1) is 12.4. The first-order chi connectivity index (χ1) is 8.79. The SMILES string of the molecule is CCCCn1nc(CNc2ccccc2)[nH]c1=O. The average Bonchev–Trinajstić information content (AvgIpc) is 2.76. The molecule has 0 aliphatic carbocycles. The maximum atomic E-state index is 11.6. The van der Waals surface area contributed by atoms with E-state index in [4.69, 9.17) is 0 Å². The summed E-state index contributed by atoms with van der Waals surface area (Å²) in [6.45, 7) is 3.30. The van der Waals surface area contributed by atoms with E-state index in [2.05, 4.69) is 22.3 Å². The highest BCUT2D eigenvalue weighted by Crippen LogP contribution is 2.05. The number of benzene rings is 1. The van der Waals surface area contributed by atoms with E-state index < -0.39 is 0 Å². The van der Waals surface area contributed by atoms with E-state index >= 15 is 0 Å². The van der Waals surface area contributed by atoms with Gasteiger partial charge >= 0.3 is 5.69 Å². The Balaban J connectivity index is 1.96. The van der Waals surface area contributed by atoms with E-state index in [0.29, 0.717) is 18.9 Å². The van der Waals surface area contributed by atoms with Gasteiger partial charge in [-0.1, -0.05) is 31.5 Å². The number of nitrogens with one attached hydrogen (secondary N) is 2. The standard InChI is InChI=1S/C13H18N4O/c1-2-3-9-17-13(18)15-12(16-17)10-14-11-7-5-4-6-8-11/h4-8,14H,2-3,9-10H2,1H3,(H,15,16,18). The number of para-hydroxylation sites is 1. The Hall–Kier alpha value is -2.04. The fraction of sp³-hybridized carbons (Fsp3) is 0.385. The van der Waals surface area contributed by atoms with Crippen LogP contribution < -0.4 is 11.0 Å². The van der Waals surface area contributed by atoms with Gasteiger partial charge in [0.1, 0.15) is 5.82 Å². The van der Waals surface area contributed by atoms with Crippen LogP contribution in [0.3, 0.4) is 0 Å². The van der Waals surface area contributed by atoms with Crippen molar-refractivity contribution in [3.8, 4) is 0 Å². The smallest absolute Gasteiger partial charge is 0.343 e. The number of aromatic amines is 1. The summed E-state index contributed by atoms with van der Waals surface area (Å²) >= 11 is 0. The predicted molar refractivity (Wildman–Crippen MR) is 71.5 cm³/mol. The van der Waals surface area contributed by atoms with Crippen LogP contribution in [-0.4, -0.2) is 14.8 Å². The van der Waals surface area contributed by atoms with Gasteiger partial charge in [-0.05, 0) is 18.6 Å². The topological polar surface area (TPSA) is 62.7 Å². The zero-order valence-electron chi connectivity index (χ0n) is 10.5. The van der Waals surface area contributed by atoms with Crippen molar-refractivity contribution >= 4 is 5.69 Å².